The number of rotatable bonds is 8. The molecule has 1 aliphatic carbocycles. The number of carboxylic acids is 1. The molecule has 0 saturated carbocycles. The highest BCUT2D eigenvalue weighted by Crippen LogP contribution is 2.21. The molecular weight excluding hydrogens is 268 g/mol. The van der Waals surface area contributed by atoms with Crippen molar-refractivity contribution in [3.63, 3.8) is 0 Å². The lowest BCUT2D eigenvalue weighted by molar-refractivity contribution is -0.144. The molecule has 120 valence electrons. The lowest BCUT2D eigenvalue weighted by atomic mass is 9.96. The van der Waals surface area contributed by atoms with E-state index in [4.69, 9.17) is 0 Å². The summed E-state index contributed by atoms with van der Waals surface area (Å²) in [7, 11) is 0. The quantitative estimate of drug-likeness (QED) is 0.722. The number of likely N-dealkylation sites (N-methyl/N-ethyl adjacent to an activating group) is 1. The molecular formula is C16H28N2O3. The summed E-state index contributed by atoms with van der Waals surface area (Å²) in [5.41, 5.74) is 0.0492. The van der Waals surface area contributed by atoms with E-state index in [1.807, 2.05) is 13.8 Å². The second-order valence-corrected chi connectivity index (χ2v) is 5.82. The normalized spacial score (nSPS) is 17.8. The van der Waals surface area contributed by atoms with Crippen LogP contribution in [0.4, 0.5) is 0 Å². The Morgan fingerprint density at radius 1 is 1.38 bits per heavy atom. The molecule has 0 heterocycles. The summed E-state index contributed by atoms with van der Waals surface area (Å²) in [4.78, 5) is 25.5. The van der Waals surface area contributed by atoms with Gasteiger partial charge in [-0.05, 0) is 46.0 Å². The summed E-state index contributed by atoms with van der Waals surface area (Å²) >= 11 is 0. The van der Waals surface area contributed by atoms with Gasteiger partial charge in [0.1, 0.15) is 5.54 Å². The maximum Gasteiger partial charge on any atom is 0.323 e. The largest absolute Gasteiger partial charge is 0.480 e. The van der Waals surface area contributed by atoms with Crippen LogP contribution in [-0.4, -0.2) is 40.5 Å². The van der Waals surface area contributed by atoms with Crippen molar-refractivity contribution in [3.05, 3.63) is 11.8 Å². The molecule has 1 rings (SSSR count). The molecule has 0 aromatic rings. The Balaban J connectivity index is 2.65. The third-order valence-electron chi connectivity index (χ3n) is 4.08. The van der Waals surface area contributed by atoms with Crippen LogP contribution in [-0.2, 0) is 9.59 Å². The molecule has 0 radical (unpaired) electrons. The van der Waals surface area contributed by atoms with Gasteiger partial charge in [0.2, 0.25) is 5.91 Å². The van der Waals surface area contributed by atoms with Crippen molar-refractivity contribution in [3.8, 4) is 0 Å². The van der Waals surface area contributed by atoms with Gasteiger partial charge in [0, 0.05) is 12.2 Å². The van der Waals surface area contributed by atoms with Crippen molar-refractivity contribution in [2.75, 3.05) is 13.1 Å². The lowest BCUT2D eigenvalue weighted by Crippen LogP contribution is -2.53. The zero-order valence-corrected chi connectivity index (χ0v) is 13.4. The number of hydrogen-bond acceptors (Lipinski definition) is 3. The Hall–Kier alpha value is -1.36. The van der Waals surface area contributed by atoms with Gasteiger partial charge in [-0.25, -0.2) is 0 Å². The van der Waals surface area contributed by atoms with Crippen molar-refractivity contribution < 1.29 is 14.7 Å². The van der Waals surface area contributed by atoms with Crippen LogP contribution in [0.5, 0.6) is 0 Å². The molecule has 0 aliphatic heterocycles. The lowest BCUT2D eigenvalue weighted by Gasteiger charge is -2.30. The van der Waals surface area contributed by atoms with E-state index in [0.29, 0.717) is 13.0 Å². The van der Waals surface area contributed by atoms with E-state index in [-0.39, 0.29) is 12.5 Å². The molecule has 0 saturated heterocycles. The number of carbonyl (C=O) groups excluding carboxylic acids is 1. The first kappa shape index (κ1) is 17.7. The molecule has 5 heteroatoms. The fraction of sp³-hybridized carbons (Fsp3) is 0.750. The van der Waals surface area contributed by atoms with E-state index in [9.17, 15) is 14.7 Å². The zero-order chi connectivity index (χ0) is 15.9. The highest BCUT2D eigenvalue weighted by Gasteiger charge is 2.32. The third kappa shape index (κ3) is 4.84. The zero-order valence-electron chi connectivity index (χ0n) is 13.4. The van der Waals surface area contributed by atoms with Crippen LogP contribution in [0.15, 0.2) is 11.8 Å². The predicted molar refractivity (Wildman–Crippen MR) is 82.9 cm³/mol. The summed E-state index contributed by atoms with van der Waals surface area (Å²) < 4.78 is 0. The summed E-state index contributed by atoms with van der Waals surface area (Å²) in [6.45, 7) is 6.23. The minimum Gasteiger partial charge on any atom is -0.480 e. The van der Waals surface area contributed by atoms with Gasteiger partial charge < -0.3 is 10.0 Å². The van der Waals surface area contributed by atoms with Gasteiger partial charge in [-0.3, -0.25) is 14.9 Å². The fourth-order valence-corrected chi connectivity index (χ4v) is 2.74. The SMILES string of the molecule is CCCC(C)(NCC(=O)N(CC)C1=CCCCC1)C(=O)O. The van der Waals surface area contributed by atoms with Crippen LogP contribution in [0.2, 0.25) is 0 Å². The Labute approximate surface area is 127 Å². The molecule has 0 aromatic heterocycles. The number of amides is 1. The van der Waals surface area contributed by atoms with Gasteiger partial charge in [-0.2, -0.15) is 0 Å². The molecule has 1 amide bonds. The van der Waals surface area contributed by atoms with Crippen LogP contribution in [0, 0.1) is 0 Å². The standard InChI is InChI=1S/C16H28N2O3/c1-4-11-16(3,15(20)21)17-12-14(19)18(5-2)13-9-7-6-8-10-13/h9,17H,4-8,10-12H2,1-3H3,(H,20,21). The van der Waals surface area contributed by atoms with E-state index >= 15 is 0 Å². The number of carboxylic acid groups (broad SMARTS) is 1. The van der Waals surface area contributed by atoms with Gasteiger partial charge in [0.25, 0.3) is 0 Å². The van der Waals surface area contributed by atoms with Crippen LogP contribution < -0.4 is 5.32 Å². The van der Waals surface area contributed by atoms with Crippen molar-refractivity contribution in [1.29, 1.82) is 0 Å². The first-order chi connectivity index (χ1) is 9.94. The minimum atomic E-state index is -1.04. The molecule has 21 heavy (non-hydrogen) atoms. The van der Waals surface area contributed by atoms with Crippen LogP contribution in [0.25, 0.3) is 0 Å². The van der Waals surface area contributed by atoms with Crippen molar-refractivity contribution in [2.45, 2.75) is 64.8 Å². The topological polar surface area (TPSA) is 69.6 Å². The van der Waals surface area contributed by atoms with Gasteiger partial charge in [0.15, 0.2) is 0 Å². The molecule has 1 unspecified atom stereocenters. The molecule has 0 aromatic carbocycles. The molecule has 5 nitrogen and oxygen atoms in total. The number of allylic oxidation sites excluding steroid dienone is 2. The van der Waals surface area contributed by atoms with Crippen molar-refractivity contribution >= 4 is 11.9 Å². The molecule has 2 N–H and O–H groups in total. The number of nitrogens with zero attached hydrogens (tertiary/aromatic N) is 1. The molecule has 0 spiro atoms. The minimum absolute atomic E-state index is 0.0470. The van der Waals surface area contributed by atoms with Gasteiger partial charge in [0.05, 0.1) is 6.54 Å². The van der Waals surface area contributed by atoms with Gasteiger partial charge in [-0.15, -0.1) is 0 Å². The van der Waals surface area contributed by atoms with Crippen molar-refractivity contribution in [1.82, 2.24) is 10.2 Å². The predicted octanol–water partition coefficient (Wildman–Crippen LogP) is 2.53. The Kier molecular flexibility index (Phi) is 6.89. The number of aliphatic carboxylic acids is 1. The summed E-state index contributed by atoms with van der Waals surface area (Å²) in [6, 6.07) is 0. The fourth-order valence-electron chi connectivity index (χ4n) is 2.74. The molecule has 1 atom stereocenters. The Morgan fingerprint density at radius 3 is 2.57 bits per heavy atom. The number of hydrogen-bond donors (Lipinski definition) is 2. The summed E-state index contributed by atoms with van der Waals surface area (Å²) in [6.07, 6.45) is 7.65. The monoisotopic (exact) mass is 296 g/mol. The van der Waals surface area contributed by atoms with Crippen LogP contribution in [0.3, 0.4) is 0 Å². The van der Waals surface area contributed by atoms with Gasteiger partial charge >= 0.3 is 5.97 Å². The van der Waals surface area contributed by atoms with E-state index in [0.717, 1.165) is 31.4 Å². The van der Waals surface area contributed by atoms with E-state index < -0.39 is 11.5 Å². The van der Waals surface area contributed by atoms with E-state index in [1.54, 1.807) is 11.8 Å². The van der Waals surface area contributed by atoms with Crippen LogP contribution >= 0.6 is 0 Å². The maximum atomic E-state index is 12.4. The van der Waals surface area contributed by atoms with Crippen LogP contribution in [0.1, 0.15) is 59.3 Å². The highest BCUT2D eigenvalue weighted by molar-refractivity contribution is 5.83. The average Bonchev–Trinajstić information content (AvgIpc) is 2.47. The van der Waals surface area contributed by atoms with Gasteiger partial charge in [-0.1, -0.05) is 19.4 Å². The first-order valence-corrected chi connectivity index (χ1v) is 7.92. The number of nitrogens with one attached hydrogen (secondary N) is 1. The molecule has 0 fully saturated rings. The third-order valence-corrected chi connectivity index (χ3v) is 4.08. The molecule has 1 aliphatic rings. The maximum absolute atomic E-state index is 12.4. The Morgan fingerprint density at radius 2 is 2.10 bits per heavy atom. The summed E-state index contributed by atoms with van der Waals surface area (Å²) in [5, 5.41) is 12.3. The van der Waals surface area contributed by atoms with E-state index in [1.165, 1.54) is 6.42 Å². The second-order valence-electron chi connectivity index (χ2n) is 5.82. The Bertz CT molecular complexity index is 406. The number of carbonyl (C=O) groups is 2. The molecule has 0 bridgehead atoms. The highest BCUT2D eigenvalue weighted by atomic mass is 16.4. The average molecular weight is 296 g/mol. The van der Waals surface area contributed by atoms with Crippen molar-refractivity contribution in [2.24, 2.45) is 0 Å². The van der Waals surface area contributed by atoms with E-state index in [2.05, 4.69) is 11.4 Å². The first-order valence-electron chi connectivity index (χ1n) is 7.92. The smallest absolute Gasteiger partial charge is 0.323 e. The summed E-state index contributed by atoms with van der Waals surface area (Å²) in [5.74, 6) is -0.952. The second kappa shape index (κ2) is 8.17.